The molecule has 0 aromatic heterocycles. The number of rotatable bonds is 6. The van der Waals surface area contributed by atoms with E-state index in [-0.39, 0.29) is 11.3 Å². The van der Waals surface area contributed by atoms with Crippen molar-refractivity contribution in [2.75, 3.05) is 0 Å². The molecule has 0 N–H and O–H groups in total. The van der Waals surface area contributed by atoms with Gasteiger partial charge in [-0.3, -0.25) is 4.79 Å². The lowest BCUT2D eigenvalue weighted by Gasteiger charge is -2.39. The van der Waals surface area contributed by atoms with Crippen molar-refractivity contribution in [3.05, 3.63) is 54.6 Å². The van der Waals surface area contributed by atoms with Gasteiger partial charge in [-0.05, 0) is 40.7 Å². The van der Waals surface area contributed by atoms with Crippen molar-refractivity contribution >= 4 is 11.4 Å². The fourth-order valence-corrected chi connectivity index (χ4v) is 4.14. The van der Waals surface area contributed by atoms with Crippen LogP contribution in [0.4, 0.5) is 0 Å². The van der Waals surface area contributed by atoms with Gasteiger partial charge in [0, 0.05) is 12.3 Å². The first-order valence-corrected chi connectivity index (χ1v) is 9.17. The van der Waals surface area contributed by atoms with Crippen molar-refractivity contribution in [3.8, 4) is 0 Å². The molecule has 0 aliphatic heterocycles. The third-order valence-corrected chi connectivity index (χ3v) is 5.87. The van der Waals surface area contributed by atoms with Crippen LogP contribution in [0.1, 0.15) is 53.0 Å². The van der Waals surface area contributed by atoms with Gasteiger partial charge in [0.15, 0.2) is 0 Å². The largest absolute Gasteiger partial charge is 0.299 e. The van der Waals surface area contributed by atoms with E-state index in [0.29, 0.717) is 30.0 Å². The quantitative estimate of drug-likeness (QED) is 0.572. The summed E-state index contributed by atoms with van der Waals surface area (Å²) >= 11 is 0. The fraction of sp³-hybridized carbons (Fsp3) is 0.522. The molecule has 0 radical (unpaired) electrons. The molecule has 1 nitrogen and oxygen atoms in total. The summed E-state index contributed by atoms with van der Waals surface area (Å²) in [5, 5.41) is 0. The molecule has 4 unspecified atom stereocenters. The van der Waals surface area contributed by atoms with Crippen molar-refractivity contribution in [1.29, 1.82) is 0 Å². The highest BCUT2D eigenvalue weighted by Crippen LogP contribution is 2.42. The van der Waals surface area contributed by atoms with Crippen molar-refractivity contribution < 1.29 is 4.79 Å². The van der Waals surface area contributed by atoms with Crippen LogP contribution in [0.2, 0.25) is 0 Å². The van der Waals surface area contributed by atoms with E-state index in [2.05, 4.69) is 65.5 Å². The molecule has 0 amide bonds. The SMILES string of the molecule is C=C(c1ccccc1)C(C)C(C)CC(=O)C1C(C)C=CCC1(C)C. The first-order valence-electron chi connectivity index (χ1n) is 9.17. The number of Topliss-reactive ketones (excluding diaryl/α,β-unsaturated/α-hetero) is 1. The van der Waals surface area contributed by atoms with Crippen molar-refractivity contribution in [2.45, 2.75) is 47.5 Å². The highest BCUT2D eigenvalue weighted by atomic mass is 16.1. The van der Waals surface area contributed by atoms with Gasteiger partial charge in [-0.2, -0.15) is 0 Å². The van der Waals surface area contributed by atoms with Crippen molar-refractivity contribution in [2.24, 2.45) is 29.1 Å². The Morgan fingerprint density at radius 1 is 1.25 bits per heavy atom. The van der Waals surface area contributed by atoms with E-state index in [0.717, 1.165) is 12.0 Å². The van der Waals surface area contributed by atoms with Crippen LogP contribution in [0, 0.1) is 29.1 Å². The molecule has 0 saturated heterocycles. The molecule has 0 spiro atoms. The fourth-order valence-electron chi connectivity index (χ4n) is 4.14. The summed E-state index contributed by atoms with van der Waals surface area (Å²) in [7, 11) is 0. The van der Waals surface area contributed by atoms with Crippen molar-refractivity contribution in [1.82, 2.24) is 0 Å². The van der Waals surface area contributed by atoms with Gasteiger partial charge in [0.2, 0.25) is 0 Å². The van der Waals surface area contributed by atoms with Gasteiger partial charge in [0.25, 0.3) is 0 Å². The van der Waals surface area contributed by atoms with Gasteiger partial charge >= 0.3 is 0 Å². The van der Waals surface area contributed by atoms with E-state index < -0.39 is 0 Å². The molecule has 1 aliphatic rings. The molecule has 130 valence electrons. The van der Waals surface area contributed by atoms with E-state index in [1.165, 1.54) is 5.56 Å². The first kappa shape index (κ1) is 18.7. The lowest BCUT2D eigenvalue weighted by Crippen LogP contribution is -2.38. The highest BCUT2D eigenvalue weighted by Gasteiger charge is 2.39. The third-order valence-electron chi connectivity index (χ3n) is 5.87. The number of carbonyl (C=O) groups excluding carboxylic acids is 1. The molecule has 4 atom stereocenters. The molecule has 24 heavy (non-hydrogen) atoms. The molecular formula is C23H32O. The summed E-state index contributed by atoms with van der Waals surface area (Å²) in [5.74, 6) is 1.48. The van der Waals surface area contributed by atoms with Crippen molar-refractivity contribution in [3.63, 3.8) is 0 Å². The summed E-state index contributed by atoms with van der Waals surface area (Å²) in [6, 6.07) is 10.3. The van der Waals surface area contributed by atoms with Gasteiger partial charge in [0.05, 0.1) is 0 Å². The average Bonchev–Trinajstić information content (AvgIpc) is 2.53. The molecule has 0 fully saturated rings. The summed E-state index contributed by atoms with van der Waals surface area (Å²) in [6.45, 7) is 15.3. The zero-order chi connectivity index (χ0) is 17.9. The third kappa shape index (κ3) is 4.06. The second kappa shape index (κ2) is 7.51. The van der Waals surface area contributed by atoms with E-state index in [1.54, 1.807) is 0 Å². The molecule has 2 rings (SSSR count). The van der Waals surface area contributed by atoms with Crippen LogP contribution in [0.5, 0.6) is 0 Å². The summed E-state index contributed by atoms with van der Waals surface area (Å²) in [4.78, 5) is 13.0. The minimum atomic E-state index is 0.0602. The van der Waals surface area contributed by atoms with Gasteiger partial charge < -0.3 is 0 Å². The Hall–Kier alpha value is -1.63. The molecule has 1 aromatic rings. The number of hydrogen-bond acceptors (Lipinski definition) is 1. The van der Waals surface area contributed by atoms with Crippen LogP contribution < -0.4 is 0 Å². The minimum absolute atomic E-state index is 0.0602. The van der Waals surface area contributed by atoms with Gasteiger partial charge in [-0.15, -0.1) is 0 Å². The van der Waals surface area contributed by atoms with Crippen LogP contribution in [0.15, 0.2) is 49.1 Å². The molecule has 1 aliphatic carbocycles. The Bertz CT molecular complexity index is 608. The minimum Gasteiger partial charge on any atom is -0.299 e. The lowest BCUT2D eigenvalue weighted by molar-refractivity contribution is -0.129. The van der Waals surface area contributed by atoms with E-state index in [9.17, 15) is 4.79 Å². The van der Waals surface area contributed by atoms with Crippen LogP contribution >= 0.6 is 0 Å². The average molecular weight is 325 g/mol. The van der Waals surface area contributed by atoms with E-state index >= 15 is 0 Å². The van der Waals surface area contributed by atoms with Gasteiger partial charge in [-0.25, -0.2) is 0 Å². The summed E-state index contributed by atoms with van der Waals surface area (Å²) < 4.78 is 0. The smallest absolute Gasteiger partial charge is 0.137 e. The number of benzene rings is 1. The summed E-state index contributed by atoms with van der Waals surface area (Å²) in [6.07, 6.45) is 6.08. The van der Waals surface area contributed by atoms with Gasteiger partial charge in [0.1, 0.15) is 5.78 Å². The maximum absolute atomic E-state index is 13.0. The zero-order valence-corrected chi connectivity index (χ0v) is 15.9. The lowest BCUT2D eigenvalue weighted by atomic mass is 9.64. The number of ketones is 1. The maximum atomic E-state index is 13.0. The predicted octanol–water partition coefficient (Wildman–Crippen LogP) is 6.17. The Labute approximate surface area is 147 Å². The Morgan fingerprint density at radius 3 is 2.46 bits per heavy atom. The normalized spacial score (nSPS) is 25.0. The van der Waals surface area contributed by atoms with E-state index in [4.69, 9.17) is 0 Å². The topological polar surface area (TPSA) is 17.1 Å². The number of hydrogen-bond donors (Lipinski definition) is 0. The highest BCUT2D eigenvalue weighted by molar-refractivity contribution is 5.83. The summed E-state index contributed by atoms with van der Waals surface area (Å²) in [5.41, 5.74) is 2.37. The monoisotopic (exact) mass is 324 g/mol. The van der Waals surface area contributed by atoms with Gasteiger partial charge in [-0.1, -0.05) is 83.7 Å². The Morgan fingerprint density at radius 2 is 1.88 bits per heavy atom. The second-order valence-corrected chi connectivity index (χ2v) is 8.29. The molecule has 1 aromatic carbocycles. The second-order valence-electron chi connectivity index (χ2n) is 8.29. The van der Waals surface area contributed by atoms with Crippen LogP contribution in [0.25, 0.3) is 5.57 Å². The van der Waals surface area contributed by atoms with Crippen LogP contribution in [-0.4, -0.2) is 5.78 Å². The maximum Gasteiger partial charge on any atom is 0.137 e. The first-order chi connectivity index (χ1) is 11.2. The number of allylic oxidation sites excluding steroid dienone is 3. The van der Waals surface area contributed by atoms with Crippen LogP contribution in [0.3, 0.4) is 0 Å². The number of carbonyl (C=O) groups is 1. The predicted molar refractivity (Wildman–Crippen MR) is 104 cm³/mol. The molecule has 0 bridgehead atoms. The molecular weight excluding hydrogens is 292 g/mol. The standard InChI is InChI=1S/C23H32O/c1-16-11-10-14-23(5,6)22(16)21(24)15-17(2)18(3)19(4)20-12-8-7-9-13-20/h7-13,16-18,22H,4,14-15H2,1-3,5-6H3. The zero-order valence-electron chi connectivity index (χ0n) is 15.9. The Balaban J connectivity index is 2.05. The van der Waals surface area contributed by atoms with E-state index in [1.807, 2.05) is 18.2 Å². The molecule has 0 heterocycles. The molecule has 1 heteroatoms. The Kier molecular flexibility index (Phi) is 5.85. The van der Waals surface area contributed by atoms with Crippen LogP contribution in [-0.2, 0) is 4.79 Å². The molecule has 0 saturated carbocycles.